The van der Waals surface area contributed by atoms with Gasteiger partial charge in [0.2, 0.25) is 0 Å². The number of anilines is 2. The fourth-order valence-electron chi connectivity index (χ4n) is 3.13. The number of benzene rings is 2. The van der Waals surface area contributed by atoms with E-state index in [0.717, 1.165) is 24.3 Å². The Morgan fingerprint density at radius 2 is 1.95 bits per heavy atom. The summed E-state index contributed by atoms with van der Waals surface area (Å²) in [7, 11) is 0. The maximum atomic E-state index is 13.5. The molecule has 1 heterocycles. The van der Waals surface area contributed by atoms with E-state index in [1.807, 2.05) is 6.07 Å². The molecule has 0 aliphatic carbocycles. The van der Waals surface area contributed by atoms with Crippen LogP contribution in [0.1, 0.15) is 31.1 Å². The standard InChI is InChI=1S/C18H20FNO/c1-12-9-14-5-3-4-6-17(14)20(11-12)18-8-7-15(19)10-16(18)13(2)21/h3-8,10,12-13,21H,9,11H2,1-2H3/t12?,13-/m0/s1. The van der Waals surface area contributed by atoms with Gasteiger partial charge in [-0.05, 0) is 49.1 Å². The Bertz CT molecular complexity index is 653. The number of halogens is 1. The molecule has 2 aromatic rings. The summed E-state index contributed by atoms with van der Waals surface area (Å²) in [5.74, 6) is 0.208. The van der Waals surface area contributed by atoms with Crippen LogP contribution in [0.5, 0.6) is 0 Å². The van der Waals surface area contributed by atoms with Crippen LogP contribution in [0, 0.1) is 11.7 Å². The zero-order valence-corrected chi connectivity index (χ0v) is 12.4. The molecule has 1 aliphatic heterocycles. The number of nitrogens with zero attached hydrogens (tertiary/aromatic N) is 1. The molecule has 0 saturated carbocycles. The van der Waals surface area contributed by atoms with Crippen molar-refractivity contribution >= 4 is 11.4 Å². The molecule has 0 fully saturated rings. The number of rotatable bonds is 2. The Morgan fingerprint density at radius 1 is 1.19 bits per heavy atom. The lowest BCUT2D eigenvalue weighted by molar-refractivity contribution is 0.199. The van der Waals surface area contributed by atoms with Crippen LogP contribution in [0.2, 0.25) is 0 Å². The van der Waals surface area contributed by atoms with E-state index >= 15 is 0 Å². The first-order valence-electron chi connectivity index (χ1n) is 7.39. The molecule has 2 atom stereocenters. The van der Waals surface area contributed by atoms with E-state index in [1.165, 1.54) is 17.7 Å². The second-order valence-corrected chi connectivity index (χ2v) is 5.93. The molecule has 3 heteroatoms. The van der Waals surface area contributed by atoms with Gasteiger partial charge in [0.1, 0.15) is 5.82 Å². The van der Waals surface area contributed by atoms with Gasteiger partial charge in [-0.25, -0.2) is 4.39 Å². The Balaban J connectivity index is 2.13. The summed E-state index contributed by atoms with van der Waals surface area (Å²) in [6, 6.07) is 13.0. The zero-order chi connectivity index (χ0) is 15.0. The molecule has 110 valence electrons. The summed E-state index contributed by atoms with van der Waals surface area (Å²) >= 11 is 0. The minimum atomic E-state index is -0.694. The molecule has 0 saturated heterocycles. The Hall–Kier alpha value is -1.87. The molecular formula is C18H20FNO. The second-order valence-electron chi connectivity index (χ2n) is 5.93. The largest absolute Gasteiger partial charge is 0.389 e. The van der Waals surface area contributed by atoms with Crippen molar-refractivity contribution in [2.75, 3.05) is 11.4 Å². The van der Waals surface area contributed by atoms with E-state index in [9.17, 15) is 9.50 Å². The van der Waals surface area contributed by atoms with Gasteiger partial charge < -0.3 is 10.0 Å². The lowest BCUT2D eigenvalue weighted by atomic mass is 9.92. The number of para-hydroxylation sites is 1. The summed E-state index contributed by atoms with van der Waals surface area (Å²) in [6.45, 7) is 4.77. The van der Waals surface area contributed by atoms with Gasteiger partial charge >= 0.3 is 0 Å². The minimum Gasteiger partial charge on any atom is -0.389 e. The van der Waals surface area contributed by atoms with Crippen molar-refractivity contribution < 1.29 is 9.50 Å². The fourth-order valence-corrected chi connectivity index (χ4v) is 3.13. The van der Waals surface area contributed by atoms with Crippen LogP contribution in [0.25, 0.3) is 0 Å². The molecule has 0 bridgehead atoms. The molecule has 1 unspecified atom stereocenters. The molecule has 2 nitrogen and oxygen atoms in total. The Morgan fingerprint density at radius 3 is 2.71 bits per heavy atom. The van der Waals surface area contributed by atoms with Crippen LogP contribution < -0.4 is 4.90 Å². The van der Waals surface area contributed by atoms with Gasteiger partial charge in [-0.1, -0.05) is 25.1 Å². The fraction of sp³-hybridized carbons (Fsp3) is 0.333. The average molecular weight is 285 g/mol. The molecule has 2 aromatic carbocycles. The highest BCUT2D eigenvalue weighted by Gasteiger charge is 2.25. The topological polar surface area (TPSA) is 23.5 Å². The molecule has 0 aromatic heterocycles. The van der Waals surface area contributed by atoms with Crippen molar-refractivity contribution in [3.63, 3.8) is 0 Å². The average Bonchev–Trinajstić information content (AvgIpc) is 2.46. The molecule has 1 aliphatic rings. The normalized spacial score (nSPS) is 19.2. The van der Waals surface area contributed by atoms with E-state index in [1.54, 1.807) is 13.0 Å². The third-order valence-electron chi connectivity index (χ3n) is 4.08. The molecule has 1 N–H and O–H groups in total. The molecule has 0 spiro atoms. The van der Waals surface area contributed by atoms with E-state index in [0.29, 0.717) is 11.5 Å². The van der Waals surface area contributed by atoms with Crippen LogP contribution in [0.15, 0.2) is 42.5 Å². The highest BCUT2D eigenvalue weighted by molar-refractivity contribution is 5.70. The molecule has 0 radical (unpaired) electrons. The van der Waals surface area contributed by atoms with Gasteiger partial charge in [-0.3, -0.25) is 0 Å². The number of hydrogen-bond donors (Lipinski definition) is 1. The first-order valence-corrected chi connectivity index (χ1v) is 7.39. The van der Waals surface area contributed by atoms with Crippen molar-refractivity contribution in [3.8, 4) is 0 Å². The number of fused-ring (bicyclic) bond motifs is 1. The maximum absolute atomic E-state index is 13.5. The van der Waals surface area contributed by atoms with E-state index in [4.69, 9.17) is 0 Å². The predicted molar refractivity (Wildman–Crippen MR) is 83.3 cm³/mol. The smallest absolute Gasteiger partial charge is 0.123 e. The quantitative estimate of drug-likeness (QED) is 0.893. The zero-order valence-electron chi connectivity index (χ0n) is 12.4. The van der Waals surface area contributed by atoms with E-state index in [-0.39, 0.29) is 5.82 Å². The highest BCUT2D eigenvalue weighted by Crippen LogP contribution is 2.38. The minimum absolute atomic E-state index is 0.312. The second kappa shape index (κ2) is 5.49. The van der Waals surface area contributed by atoms with Crippen molar-refractivity contribution in [1.29, 1.82) is 0 Å². The SMILES string of the molecule is CC1Cc2ccccc2N(c2ccc(F)cc2[C@H](C)O)C1. The van der Waals surface area contributed by atoms with Gasteiger partial charge in [0.25, 0.3) is 0 Å². The van der Waals surface area contributed by atoms with Crippen LogP contribution in [-0.2, 0) is 6.42 Å². The number of aliphatic hydroxyl groups excluding tert-OH is 1. The molecule has 0 amide bonds. The molecular weight excluding hydrogens is 265 g/mol. The Kier molecular flexibility index (Phi) is 3.68. The monoisotopic (exact) mass is 285 g/mol. The summed E-state index contributed by atoms with van der Waals surface area (Å²) in [6.07, 6.45) is 0.359. The third kappa shape index (κ3) is 2.66. The Labute approximate surface area is 124 Å². The first-order chi connectivity index (χ1) is 10.1. The van der Waals surface area contributed by atoms with Gasteiger partial charge in [-0.2, -0.15) is 0 Å². The van der Waals surface area contributed by atoms with Gasteiger partial charge in [0.05, 0.1) is 6.10 Å². The van der Waals surface area contributed by atoms with Crippen LogP contribution >= 0.6 is 0 Å². The van der Waals surface area contributed by atoms with Crippen molar-refractivity contribution in [3.05, 3.63) is 59.4 Å². The van der Waals surface area contributed by atoms with E-state index in [2.05, 4.69) is 30.0 Å². The van der Waals surface area contributed by atoms with Crippen molar-refractivity contribution in [1.82, 2.24) is 0 Å². The number of hydrogen-bond acceptors (Lipinski definition) is 2. The summed E-state index contributed by atoms with van der Waals surface area (Å²) in [5.41, 5.74) is 3.99. The summed E-state index contributed by atoms with van der Waals surface area (Å²) in [4.78, 5) is 2.20. The predicted octanol–water partition coefficient (Wildman–Crippen LogP) is 4.21. The van der Waals surface area contributed by atoms with E-state index < -0.39 is 6.10 Å². The lowest BCUT2D eigenvalue weighted by Crippen LogP contribution is -2.31. The highest BCUT2D eigenvalue weighted by atomic mass is 19.1. The summed E-state index contributed by atoms with van der Waals surface area (Å²) in [5, 5.41) is 9.98. The first kappa shape index (κ1) is 14.1. The van der Waals surface area contributed by atoms with Gasteiger partial charge in [-0.15, -0.1) is 0 Å². The van der Waals surface area contributed by atoms with Crippen LogP contribution in [-0.4, -0.2) is 11.7 Å². The molecule has 21 heavy (non-hydrogen) atoms. The molecule has 3 rings (SSSR count). The third-order valence-corrected chi connectivity index (χ3v) is 4.08. The number of aliphatic hydroxyl groups is 1. The van der Waals surface area contributed by atoms with Crippen LogP contribution in [0.3, 0.4) is 0 Å². The van der Waals surface area contributed by atoms with Gasteiger partial charge in [0, 0.05) is 23.5 Å². The van der Waals surface area contributed by atoms with Crippen molar-refractivity contribution in [2.24, 2.45) is 5.92 Å². The van der Waals surface area contributed by atoms with Gasteiger partial charge in [0.15, 0.2) is 0 Å². The van der Waals surface area contributed by atoms with Crippen LogP contribution in [0.4, 0.5) is 15.8 Å². The maximum Gasteiger partial charge on any atom is 0.123 e. The van der Waals surface area contributed by atoms with Crippen molar-refractivity contribution in [2.45, 2.75) is 26.4 Å². The lowest BCUT2D eigenvalue weighted by Gasteiger charge is -2.36. The summed E-state index contributed by atoms with van der Waals surface area (Å²) < 4.78 is 13.5.